The molecule has 3 nitrogen and oxygen atoms in total. The van der Waals surface area contributed by atoms with Crippen molar-refractivity contribution in [2.75, 3.05) is 5.32 Å². The van der Waals surface area contributed by atoms with E-state index in [-0.39, 0.29) is 5.91 Å². The fourth-order valence-corrected chi connectivity index (χ4v) is 1.48. The van der Waals surface area contributed by atoms with Gasteiger partial charge in [0.05, 0.1) is 0 Å². The van der Waals surface area contributed by atoms with Gasteiger partial charge in [0.25, 0.3) is 0 Å². The van der Waals surface area contributed by atoms with Crippen LogP contribution in [-0.2, 0) is 4.79 Å². The molecule has 0 aliphatic heterocycles. The highest BCUT2D eigenvalue weighted by atomic mass is 16.1. The van der Waals surface area contributed by atoms with Crippen molar-refractivity contribution in [2.24, 2.45) is 0 Å². The first-order valence-corrected chi connectivity index (χ1v) is 4.77. The Morgan fingerprint density at radius 2 is 2.13 bits per heavy atom. The SMILES string of the molecule is CC(=O)Nc1cccc(-c2ccc[nH]2)c1. The van der Waals surface area contributed by atoms with Crippen molar-refractivity contribution in [1.29, 1.82) is 0 Å². The first-order chi connectivity index (χ1) is 7.25. The van der Waals surface area contributed by atoms with Crippen LogP contribution in [0.15, 0.2) is 42.6 Å². The van der Waals surface area contributed by atoms with Gasteiger partial charge in [-0.3, -0.25) is 4.79 Å². The van der Waals surface area contributed by atoms with Gasteiger partial charge in [-0.1, -0.05) is 12.1 Å². The predicted octanol–water partition coefficient (Wildman–Crippen LogP) is 2.64. The van der Waals surface area contributed by atoms with Crippen molar-refractivity contribution in [3.8, 4) is 11.3 Å². The van der Waals surface area contributed by atoms with E-state index in [9.17, 15) is 4.79 Å². The lowest BCUT2D eigenvalue weighted by Crippen LogP contribution is -2.05. The Morgan fingerprint density at radius 3 is 2.80 bits per heavy atom. The normalized spacial score (nSPS) is 9.93. The molecule has 0 spiro atoms. The standard InChI is InChI=1S/C12H12N2O/c1-9(15)14-11-5-2-4-10(8-11)12-6-3-7-13-12/h2-8,13H,1H3,(H,14,15). The Kier molecular flexibility index (Phi) is 2.54. The van der Waals surface area contributed by atoms with Gasteiger partial charge >= 0.3 is 0 Å². The molecule has 1 amide bonds. The number of nitrogens with one attached hydrogen (secondary N) is 2. The van der Waals surface area contributed by atoms with Gasteiger partial charge in [-0.15, -0.1) is 0 Å². The summed E-state index contributed by atoms with van der Waals surface area (Å²) in [6.07, 6.45) is 1.88. The molecule has 2 N–H and O–H groups in total. The zero-order valence-corrected chi connectivity index (χ0v) is 8.45. The lowest BCUT2D eigenvalue weighted by atomic mass is 10.1. The topological polar surface area (TPSA) is 44.9 Å². The molecule has 76 valence electrons. The van der Waals surface area contributed by atoms with Gasteiger partial charge in [0.1, 0.15) is 0 Å². The molecule has 1 heterocycles. The Bertz CT molecular complexity index is 460. The lowest BCUT2D eigenvalue weighted by Gasteiger charge is -2.04. The Labute approximate surface area is 88.1 Å². The quantitative estimate of drug-likeness (QED) is 0.769. The maximum absolute atomic E-state index is 10.9. The Morgan fingerprint density at radius 1 is 1.27 bits per heavy atom. The van der Waals surface area contributed by atoms with Crippen molar-refractivity contribution >= 4 is 11.6 Å². The van der Waals surface area contributed by atoms with Crippen molar-refractivity contribution < 1.29 is 4.79 Å². The summed E-state index contributed by atoms with van der Waals surface area (Å²) >= 11 is 0. The molecule has 2 rings (SSSR count). The second kappa shape index (κ2) is 4.00. The van der Waals surface area contributed by atoms with Gasteiger partial charge in [0.2, 0.25) is 5.91 Å². The zero-order chi connectivity index (χ0) is 10.7. The fourth-order valence-electron chi connectivity index (χ4n) is 1.48. The average molecular weight is 200 g/mol. The van der Waals surface area contributed by atoms with Crippen LogP contribution in [0.25, 0.3) is 11.3 Å². The summed E-state index contributed by atoms with van der Waals surface area (Å²) in [5.74, 6) is -0.0568. The Hall–Kier alpha value is -2.03. The highest BCUT2D eigenvalue weighted by molar-refractivity contribution is 5.89. The molecule has 0 radical (unpaired) electrons. The van der Waals surface area contributed by atoms with Crippen LogP contribution in [0.4, 0.5) is 5.69 Å². The van der Waals surface area contributed by atoms with Gasteiger partial charge in [-0.25, -0.2) is 0 Å². The summed E-state index contributed by atoms with van der Waals surface area (Å²) in [4.78, 5) is 14.0. The number of rotatable bonds is 2. The number of carbonyl (C=O) groups is 1. The van der Waals surface area contributed by atoms with E-state index in [2.05, 4.69) is 10.3 Å². The van der Waals surface area contributed by atoms with Crippen molar-refractivity contribution in [1.82, 2.24) is 4.98 Å². The number of anilines is 1. The van der Waals surface area contributed by atoms with Crippen LogP contribution >= 0.6 is 0 Å². The van der Waals surface area contributed by atoms with E-state index >= 15 is 0 Å². The van der Waals surface area contributed by atoms with Gasteiger partial charge < -0.3 is 10.3 Å². The highest BCUT2D eigenvalue weighted by Gasteiger charge is 2.00. The maximum atomic E-state index is 10.9. The van der Waals surface area contributed by atoms with E-state index in [1.807, 2.05) is 42.6 Å². The highest BCUT2D eigenvalue weighted by Crippen LogP contribution is 2.20. The van der Waals surface area contributed by atoms with Crippen molar-refractivity contribution in [2.45, 2.75) is 6.92 Å². The lowest BCUT2D eigenvalue weighted by molar-refractivity contribution is -0.114. The summed E-state index contributed by atoms with van der Waals surface area (Å²) < 4.78 is 0. The first-order valence-electron chi connectivity index (χ1n) is 4.77. The smallest absolute Gasteiger partial charge is 0.221 e. The molecular formula is C12H12N2O. The zero-order valence-electron chi connectivity index (χ0n) is 8.45. The van der Waals surface area contributed by atoms with E-state index in [0.717, 1.165) is 16.9 Å². The van der Waals surface area contributed by atoms with E-state index < -0.39 is 0 Å². The molecule has 0 saturated carbocycles. The third kappa shape index (κ3) is 2.26. The average Bonchev–Trinajstić information content (AvgIpc) is 2.69. The van der Waals surface area contributed by atoms with Crippen molar-refractivity contribution in [3.05, 3.63) is 42.6 Å². The first kappa shape index (κ1) is 9.52. The van der Waals surface area contributed by atoms with Crippen LogP contribution in [0.1, 0.15) is 6.92 Å². The van der Waals surface area contributed by atoms with Gasteiger partial charge in [0, 0.05) is 24.5 Å². The number of amides is 1. The summed E-state index contributed by atoms with van der Waals surface area (Å²) in [5, 5.41) is 2.75. The van der Waals surface area contributed by atoms with Crippen LogP contribution in [-0.4, -0.2) is 10.9 Å². The molecule has 0 atom stereocenters. The largest absolute Gasteiger partial charge is 0.361 e. The van der Waals surface area contributed by atoms with Crippen LogP contribution < -0.4 is 5.32 Å². The minimum Gasteiger partial charge on any atom is -0.361 e. The predicted molar refractivity (Wildman–Crippen MR) is 60.5 cm³/mol. The molecule has 2 aromatic rings. The number of carbonyl (C=O) groups excluding carboxylic acids is 1. The molecule has 0 aliphatic rings. The van der Waals surface area contributed by atoms with E-state index in [0.29, 0.717) is 0 Å². The molecule has 1 aromatic heterocycles. The third-order valence-corrected chi connectivity index (χ3v) is 2.09. The van der Waals surface area contributed by atoms with Crippen LogP contribution in [0, 0.1) is 0 Å². The molecule has 0 saturated heterocycles. The number of hydrogen-bond acceptors (Lipinski definition) is 1. The van der Waals surface area contributed by atoms with Crippen LogP contribution in [0.5, 0.6) is 0 Å². The summed E-state index contributed by atoms with van der Waals surface area (Å²) in [5.41, 5.74) is 2.92. The Balaban J connectivity index is 2.31. The number of H-pyrrole nitrogens is 1. The summed E-state index contributed by atoms with van der Waals surface area (Å²) in [7, 11) is 0. The monoisotopic (exact) mass is 200 g/mol. The van der Waals surface area contributed by atoms with Gasteiger partial charge in [0.15, 0.2) is 0 Å². The minimum atomic E-state index is -0.0568. The maximum Gasteiger partial charge on any atom is 0.221 e. The van der Waals surface area contributed by atoms with E-state index in [1.54, 1.807) is 0 Å². The molecule has 0 unspecified atom stereocenters. The number of aromatic nitrogens is 1. The molecule has 1 aromatic carbocycles. The minimum absolute atomic E-state index is 0.0568. The van der Waals surface area contributed by atoms with Gasteiger partial charge in [-0.2, -0.15) is 0 Å². The van der Waals surface area contributed by atoms with Gasteiger partial charge in [-0.05, 0) is 29.8 Å². The molecule has 3 heteroatoms. The molecular weight excluding hydrogens is 188 g/mol. The number of benzene rings is 1. The molecule has 0 bridgehead atoms. The summed E-state index contributed by atoms with van der Waals surface area (Å²) in [6, 6.07) is 11.7. The van der Waals surface area contributed by atoms with Crippen LogP contribution in [0.2, 0.25) is 0 Å². The molecule has 0 fully saturated rings. The van der Waals surface area contributed by atoms with Crippen molar-refractivity contribution in [3.63, 3.8) is 0 Å². The number of hydrogen-bond donors (Lipinski definition) is 2. The third-order valence-electron chi connectivity index (χ3n) is 2.09. The van der Waals surface area contributed by atoms with Crippen LogP contribution in [0.3, 0.4) is 0 Å². The second-order valence-electron chi connectivity index (χ2n) is 3.35. The van der Waals surface area contributed by atoms with E-state index in [4.69, 9.17) is 0 Å². The summed E-state index contributed by atoms with van der Waals surface area (Å²) in [6.45, 7) is 1.50. The molecule has 15 heavy (non-hydrogen) atoms. The number of aromatic amines is 1. The fraction of sp³-hybridized carbons (Fsp3) is 0.0833. The molecule has 0 aliphatic carbocycles. The van der Waals surface area contributed by atoms with E-state index in [1.165, 1.54) is 6.92 Å². The second-order valence-corrected chi connectivity index (χ2v) is 3.35.